The van der Waals surface area contributed by atoms with E-state index in [-0.39, 0.29) is 6.04 Å². The molecule has 0 aliphatic carbocycles. The SMILES string of the molecule is CCCC(C(=O)O)N(CCC)CCC. The predicted molar refractivity (Wildman–Crippen MR) is 58.5 cm³/mol. The molecule has 0 radical (unpaired) electrons. The molecule has 1 N–H and O–H groups in total. The van der Waals surface area contributed by atoms with Crippen molar-refractivity contribution in [3.05, 3.63) is 0 Å². The highest BCUT2D eigenvalue weighted by Gasteiger charge is 2.22. The lowest BCUT2D eigenvalue weighted by Crippen LogP contribution is -2.42. The fraction of sp³-hybridized carbons (Fsp3) is 0.909. The fourth-order valence-electron chi connectivity index (χ4n) is 1.73. The van der Waals surface area contributed by atoms with Crippen LogP contribution in [0.1, 0.15) is 46.5 Å². The molecule has 0 bridgehead atoms. The van der Waals surface area contributed by atoms with E-state index in [9.17, 15) is 4.79 Å². The minimum Gasteiger partial charge on any atom is -0.480 e. The van der Waals surface area contributed by atoms with Gasteiger partial charge < -0.3 is 5.11 Å². The lowest BCUT2D eigenvalue weighted by atomic mass is 10.1. The predicted octanol–water partition coefficient (Wildman–Crippen LogP) is 2.36. The van der Waals surface area contributed by atoms with Crippen molar-refractivity contribution in [1.29, 1.82) is 0 Å². The van der Waals surface area contributed by atoms with E-state index in [0.29, 0.717) is 0 Å². The third-order valence-electron chi connectivity index (χ3n) is 2.31. The molecule has 1 atom stereocenters. The number of hydrogen-bond acceptors (Lipinski definition) is 2. The summed E-state index contributed by atoms with van der Waals surface area (Å²) < 4.78 is 0. The van der Waals surface area contributed by atoms with Crippen LogP contribution in [-0.2, 0) is 4.79 Å². The zero-order valence-electron chi connectivity index (χ0n) is 9.62. The Labute approximate surface area is 87.1 Å². The Kier molecular flexibility index (Phi) is 7.48. The maximum absolute atomic E-state index is 11.0. The number of nitrogens with zero attached hydrogens (tertiary/aromatic N) is 1. The molecule has 3 nitrogen and oxygen atoms in total. The molecule has 1 unspecified atom stereocenters. The van der Waals surface area contributed by atoms with Crippen LogP contribution in [0.5, 0.6) is 0 Å². The van der Waals surface area contributed by atoms with E-state index >= 15 is 0 Å². The molecule has 0 heterocycles. The van der Waals surface area contributed by atoms with Crippen LogP contribution in [0.25, 0.3) is 0 Å². The van der Waals surface area contributed by atoms with Crippen molar-refractivity contribution < 1.29 is 9.90 Å². The fourth-order valence-corrected chi connectivity index (χ4v) is 1.73. The highest BCUT2D eigenvalue weighted by atomic mass is 16.4. The number of carboxylic acid groups (broad SMARTS) is 1. The van der Waals surface area contributed by atoms with E-state index in [0.717, 1.165) is 38.8 Å². The van der Waals surface area contributed by atoms with Gasteiger partial charge in [0, 0.05) is 0 Å². The molecule has 0 aliphatic rings. The van der Waals surface area contributed by atoms with Crippen molar-refractivity contribution in [1.82, 2.24) is 4.90 Å². The summed E-state index contributed by atoms with van der Waals surface area (Å²) in [6.45, 7) is 8.00. The van der Waals surface area contributed by atoms with Gasteiger partial charge in [0.15, 0.2) is 0 Å². The third kappa shape index (κ3) is 4.61. The molecular formula is C11H23NO2. The Hall–Kier alpha value is -0.570. The summed E-state index contributed by atoms with van der Waals surface area (Å²) in [7, 11) is 0. The molecule has 0 saturated carbocycles. The Morgan fingerprint density at radius 2 is 1.64 bits per heavy atom. The molecule has 3 heteroatoms. The van der Waals surface area contributed by atoms with Gasteiger partial charge in [-0.3, -0.25) is 9.69 Å². The second-order valence-electron chi connectivity index (χ2n) is 3.68. The number of rotatable bonds is 8. The van der Waals surface area contributed by atoms with Crippen molar-refractivity contribution in [2.45, 2.75) is 52.5 Å². The first kappa shape index (κ1) is 13.4. The highest BCUT2D eigenvalue weighted by molar-refractivity contribution is 5.73. The molecule has 0 aliphatic heterocycles. The summed E-state index contributed by atoms with van der Waals surface area (Å²) in [6, 6.07) is -0.278. The van der Waals surface area contributed by atoms with Gasteiger partial charge in [-0.2, -0.15) is 0 Å². The van der Waals surface area contributed by atoms with Crippen molar-refractivity contribution in [2.75, 3.05) is 13.1 Å². The molecule has 0 aromatic rings. The molecule has 0 aromatic heterocycles. The monoisotopic (exact) mass is 201 g/mol. The summed E-state index contributed by atoms with van der Waals surface area (Å²) in [5.41, 5.74) is 0. The van der Waals surface area contributed by atoms with Crippen LogP contribution in [-0.4, -0.2) is 35.1 Å². The van der Waals surface area contributed by atoms with E-state index in [1.165, 1.54) is 0 Å². The van der Waals surface area contributed by atoms with E-state index in [4.69, 9.17) is 5.11 Å². The van der Waals surface area contributed by atoms with Crippen LogP contribution in [0.3, 0.4) is 0 Å². The molecular weight excluding hydrogens is 178 g/mol. The first-order valence-electron chi connectivity index (χ1n) is 5.64. The van der Waals surface area contributed by atoms with Gasteiger partial charge in [-0.05, 0) is 32.4 Å². The summed E-state index contributed by atoms with van der Waals surface area (Å²) in [4.78, 5) is 13.1. The summed E-state index contributed by atoms with van der Waals surface area (Å²) in [5, 5.41) is 9.09. The minimum absolute atomic E-state index is 0.278. The average molecular weight is 201 g/mol. The van der Waals surface area contributed by atoms with Gasteiger partial charge >= 0.3 is 5.97 Å². The van der Waals surface area contributed by atoms with Crippen LogP contribution >= 0.6 is 0 Å². The molecule has 0 fully saturated rings. The Morgan fingerprint density at radius 1 is 1.14 bits per heavy atom. The maximum Gasteiger partial charge on any atom is 0.320 e. The summed E-state index contributed by atoms with van der Waals surface area (Å²) in [5.74, 6) is -0.672. The van der Waals surface area contributed by atoms with Gasteiger partial charge in [0.1, 0.15) is 6.04 Å². The molecule has 0 aromatic carbocycles. The lowest BCUT2D eigenvalue weighted by Gasteiger charge is -2.27. The second-order valence-corrected chi connectivity index (χ2v) is 3.68. The van der Waals surface area contributed by atoms with Gasteiger partial charge in [0.2, 0.25) is 0 Å². The van der Waals surface area contributed by atoms with Gasteiger partial charge in [-0.1, -0.05) is 27.2 Å². The third-order valence-corrected chi connectivity index (χ3v) is 2.31. The van der Waals surface area contributed by atoms with Crippen molar-refractivity contribution >= 4 is 5.97 Å². The quantitative estimate of drug-likeness (QED) is 0.655. The van der Waals surface area contributed by atoms with E-state index in [1.54, 1.807) is 0 Å². The number of aliphatic carboxylic acids is 1. The first-order valence-corrected chi connectivity index (χ1v) is 5.64. The van der Waals surface area contributed by atoms with E-state index in [2.05, 4.69) is 18.7 Å². The van der Waals surface area contributed by atoms with Crippen LogP contribution in [0.15, 0.2) is 0 Å². The van der Waals surface area contributed by atoms with E-state index in [1.807, 2.05) is 6.92 Å². The van der Waals surface area contributed by atoms with Gasteiger partial charge in [-0.25, -0.2) is 0 Å². The summed E-state index contributed by atoms with van der Waals surface area (Å²) in [6.07, 6.45) is 3.73. The van der Waals surface area contributed by atoms with Gasteiger partial charge in [0.05, 0.1) is 0 Å². The topological polar surface area (TPSA) is 40.5 Å². The lowest BCUT2D eigenvalue weighted by molar-refractivity contribution is -0.143. The smallest absolute Gasteiger partial charge is 0.320 e. The van der Waals surface area contributed by atoms with Crippen molar-refractivity contribution in [3.63, 3.8) is 0 Å². The first-order chi connectivity index (χ1) is 6.67. The van der Waals surface area contributed by atoms with E-state index < -0.39 is 5.97 Å². The van der Waals surface area contributed by atoms with Crippen LogP contribution in [0.4, 0.5) is 0 Å². The summed E-state index contributed by atoms with van der Waals surface area (Å²) >= 11 is 0. The zero-order valence-corrected chi connectivity index (χ0v) is 9.62. The minimum atomic E-state index is -0.672. The van der Waals surface area contributed by atoms with Crippen LogP contribution in [0, 0.1) is 0 Å². The Morgan fingerprint density at radius 3 is 1.93 bits per heavy atom. The van der Waals surface area contributed by atoms with Crippen molar-refractivity contribution in [3.8, 4) is 0 Å². The van der Waals surface area contributed by atoms with Crippen LogP contribution in [0.2, 0.25) is 0 Å². The Bertz CT molecular complexity index is 153. The van der Waals surface area contributed by atoms with Crippen LogP contribution < -0.4 is 0 Å². The molecule has 0 amide bonds. The van der Waals surface area contributed by atoms with Crippen molar-refractivity contribution in [2.24, 2.45) is 0 Å². The van der Waals surface area contributed by atoms with Gasteiger partial charge in [-0.15, -0.1) is 0 Å². The highest BCUT2D eigenvalue weighted by Crippen LogP contribution is 2.09. The molecule has 14 heavy (non-hydrogen) atoms. The Balaban J connectivity index is 4.29. The maximum atomic E-state index is 11.0. The number of carboxylic acids is 1. The largest absolute Gasteiger partial charge is 0.480 e. The normalized spacial score (nSPS) is 13.1. The molecule has 84 valence electrons. The molecule has 0 saturated heterocycles. The molecule has 0 spiro atoms. The second kappa shape index (κ2) is 7.80. The van der Waals surface area contributed by atoms with Gasteiger partial charge in [0.25, 0.3) is 0 Å². The number of hydrogen-bond donors (Lipinski definition) is 1. The standard InChI is InChI=1S/C11H23NO2/c1-4-7-10(11(13)14)12(8-5-2)9-6-3/h10H,4-9H2,1-3H3,(H,13,14). The number of carbonyl (C=O) groups is 1. The molecule has 0 rings (SSSR count). The average Bonchev–Trinajstić information content (AvgIpc) is 2.13. The zero-order chi connectivity index (χ0) is 11.0.